The van der Waals surface area contributed by atoms with E-state index in [1.165, 1.54) is 0 Å². The molecular weight excluding hydrogens is 402 g/mol. The molecule has 0 fully saturated rings. The van der Waals surface area contributed by atoms with Gasteiger partial charge in [0.25, 0.3) is 0 Å². The second-order valence-electron chi connectivity index (χ2n) is 7.40. The highest BCUT2D eigenvalue weighted by Crippen LogP contribution is 2.43. The van der Waals surface area contributed by atoms with Gasteiger partial charge in [-0.05, 0) is 50.9 Å². The third kappa shape index (κ3) is 3.40. The quantitative estimate of drug-likeness (QED) is 0.368. The maximum Gasteiger partial charge on any atom is 0.127 e. The first-order valence-corrected chi connectivity index (χ1v) is 11.2. The zero-order valence-electron chi connectivity index (χ0n) is 17.0. The molecule has 0 bridgehead atoms. The Labute approximate surface area is 183 Å². The Morgan fingerprint density at radius 2 is 1.39 bits per heavy atom. The molecule has 0 saturated heterocycles. The van der Waals surface area contributed by atoms with Gasteiger partial charge in [0, 0.05) is 11.1 Å². The van der Waals surface area contributed by atoms with Gasteiger partial charge in [0.05, 0.1) is 12.0 Å². The summed E-state index contributed by atoms with van der Waals surface area (Å²) in [5, 5.41) is 10.1. The van der Waals surface area contributed by atoms with Crippen LogP contribution in [0.5, 0.6) is 5.75 Å². The summed E-state index contributed by atoms with van der Waals surface area (Å²) < 4.78 is 18.3. The summed E-state index contributed by atoms with van der Waals surface area (Å²) in [6, 6.07) is 32.6. The molecule has 0 aromatic heterocycles. The van der Waals surface area contributed by atoms with Gasteiger partial charge in [0.2, 0.25) is 0 Å². The van der Waals surface area contributed by atoms with Crippen LogP contribution in [0, 0.1) is 0 Å². The lowest BCUT2D eigenvalue weighted by Gasteiger charge is -2.18. The van der Waals surface area contributed by atoms with Crippen molar-refractivity contribution in [3.63, 3.8) is 0 Å². The van der Waals surface area contributed by atoms with E-state index >= 15 is 0 Å². The van der Waals surface area contributed by atoms with Crippen LogP contribution in [0.3, 0.4) is 0 Å². The second kappa shape index (κ2) is 7.99. The van der Waals surface area contributed by atoms with Crippen molar-refractivity contribution in [3.05, 3.63) is 97.1 Å². The van der Waals surface area contributed by atoms with Crippen LogP contribution >= 0.6 is 0 Å². The predicted octanol–water partition coefficient (Wildman–Crippen LogP) is 6.32. The summed E-state index contributed by atoms with van der Waals surface area (Å²) in [5.74, 6) is 0.725. The van der Waals surface area contributed by atoms with Crippen molar-refractivity contribution >= 4 is 32.5 Å². The van der Waals surface area contributed by atoms with Gasteiger partial charge in [-0.2, -0.15) is 0 Å². The summed E-state index contributed by atoms with van der Waals surface area (Å²) in [4.78, 5) is 0.594. The van der Waals surface area contributed by atoms with Crippen LogP contribution in [0.1, 0.15) is 0 Å². The van der Waals surface area contributed by atoms with Crippen LogP contribution in [0.4, 0.5) is 0 Å². The average molecular weight is 424 g/mol. The van der Waals surface area contributed by atoms with E-state index in [1.54, 1.807) is 7.11 Å². The first-order valence-electron chi connectivity index (χ1n) is 10.0. The van der Waals surface area contributed by atoms with Crippen molar-refractivity contribution in [2.45, 2.75) is 4.90 Å². The molecule has 0 amide bonds. The zero-order chi connectivity index (χ0) is 21.4. The smallest absolute Gasteiger partial charge is 0.127 e. The summed E-state index contributed by atoms with van der Waals surface area (Å²) >= 11 is 0. The van der Waals surface area contributed by atoms with Gasteiger partial charge in [-0.25, -0.2) is 9.35 Å². The van der Waals surface area contributed by atoms with E-state index in [-0.39, 0.29) is 0 Å². The number of hydrogen-bond acceptors (Lipinski definition) is 2. The molecular formula is C27H21NO2S. The molecule has 0 aliphatic rings. The molecule has 5 aromatic rings. The van der Waals surface area contributed by atoms with E-state index in [0.29, 0.717) is 4.90 Å². The van der Waals surface area contributed by atoms with Crippen LogP contribution in [0.25, 0.3) is 43.8 Å². The van der Waals surface area contributed by atoms with Crippen LogP contribution in [-0.4, -0.2) is 11.3 Å². The molecule has 3 nitrogen and oxygen atoms in total. The number of nitrogens with two attached hydrogens (primary N) is 1. The van der Waals surface area contributed by atoms with Gasteiger partial charge < -0.3 is 4.74 Å². The zero-order valence-corrected chi connectivity index (χ0v) is 17.9. The predicted molar refractivity (Wildman–Crippen MR) is 129 cm³/mol. The number of methoxy groups -OCH3 is 1. The molecule has 0 aliphatic heterocycles. The minimum atomic E-state index is -1.64. The Morgan fingerprint density at radius 1 is 0.677 bits per heavy atom. The molecule has 0 aliphatic carbocycles. The number of benzene rings is 5. The molecule has 4 heteroatoms. The van der Waals surface area contributed by atoms with Crippen LogP contribution in [0.2, 0.25) is 0 Å². The number of fused-ring (bicyclic) bond motifs is 2. The molecule has 5 aromatic carbocycles. The van der Waals surface area contributed by atoms with Crippen molar-refractivity contribution in [1.82, 2.24) is 0 Å². The van der Waals surface area contributed by atoms with Crippen molar-refractivity contribution in [3.8, 4) is 28.0 Å². The molecule has 0 heterocycles. The van der Waals surface area contributed by atoms with Gasteiger partial charge in [0.15, 0.2) is 0 Å². The van der Waals surface area contributed by atoms with E-state index in [9.17, 15) is 4.21 Å². The SMILES string of the molecule is COc1ccc2cc(-c3ccccc3)ccc2c1-c1c(S(N)=O)ccc2ccccc12. The summed E-state index contributed by atoms with van der Waals surface area (Å²) in [7, 11) is 0.0201. The maximum atomic E-state index is 12.5. The molecule has 5 rings (SSSR count). The molecule has 0 radical (unpaired) electrons. The van der Waals surface area contributed by atoms with E-state index in [1.807, 2.05) is 60.7 Å². The van der Waals surface area contributed by atoms with E-state index in [2.05, 4.69) is 36.4 Å². The lowest BCUT2D eigenvalue weighted by molar-refractivity contribution is 0.417. The standard InChI is InChI=1S/C27H21NO2S/c1-30-24-15-12-21-17-20(18-7-3-2-4-8-18)11-14-23(21)26(24)27-22-10-6-5-9-19(22)13-16-25(27)31(28)29/h2-17H,28H2,1H3. The van der Waals surface area contributed by atoms with E-state index in [0.717, 1.165) is 49.5 Å². The molecule has 31 heavy (non-hydrogen) atoms. The Bertz CT molecular complexity index is 1440. The van der Waals surface area contributed by atoms with E-state index < -0.39 is 11.0 Å². The van der Waals surface area contributed by atoms with Crippen LogP contribution in [0.15, 0.2) is 102 Å². The summed E-state index contributed by atoms with van der Waals surface area (Å²) in [6.07, 6.45) is 0. The highest BCUT2D eigenvalue weighted by atomic mass is 32.2. The molecule has 1 atom stereocenters. The topological polar surface area (TPSA) is 52.3 Å². The minimum absolute atomic E-state index is 0.594. The van der Waals surface area contributed by atoms with Gasteiger partial charge in [-0.15, -0.1) is 0 Å². The highest BCUT2D eigenvalue weighted by Gasteiger charge is 2.19. The lowest BCUT2D eigenvalue weighted by Crippen LogP contribution is -2.05. The third-order valence-corrected chi connectivity index (χ3v) is 6.44. The molecule has 1 unspecified atom stereocenters. The summed E-state index contributed by atoms with van der Waals surface area (Å²) in [6.45, 7) is 0. The fourth-order valence-electron chi connectivity index (χ4n) is 4.23. The Hall–Kier alpha value is -3.47. The molecule has 2 N–H and O–H groups in total. The first-order chi connectivity index (χ1) is 15.2. The Kier molecular flexibility index (Phi) is 5.02. The lowest BCUT2D eigenvalue weighted by atomic mass is 9.91. The number of rotatable bonds is 4. The van der Waals surface area contributed by atoms with Crippen molar-refractivity contribution < 1.29 is 8.95 Å². The van der Waals surface area contributed by atoms with Gasteiger partial charge in [-0.1, -0.05) is 78.9 Å². The van der Waals surface area contributed by atoms with Crippen molar-refractivity contribution in [1.29, 1.82) is 0 Å². The largest absolute Gasteiger partial charge is 0.496 e. The Balaban J connectivity index is 1.87. The normalized spacial score (nSPS) is 12.2. The van der Waals surface area contributed by atoms with Gasteiger partial charge in [-0.3, -0.25) is 0 Å². The Morgan fingerprint density at radius 3 is 2.16 bits per heavy atom. The molecule has 152 valence electrons. The van der Waals surface area contributed by atoms with E-state index in [4.69, 9.17) is 9.88 Å². The van der Waals surface area contributed by atoms with Gasteiger partial charge in [0.1, 0.15) is 16.7 Å². The highest BCUT2D eigenvalue weighted by molar-refractivity contribution is 7.82. The fourth-order valence-corrected chi connectivity index (χ4v) is 4.84. The van der Waals surface area contributed by atoms with Crippen LogP contribution < -0.4 is 9.88 Å². The summed E-state index contributed by atoms with van der Waals surface area (Å²) in [5.41, 5.74) is 4.07. The van der Waals surface area contributed by atoms with Crippen molar-refractivity contribution in [2.24, 2.45) is 5.14 Å². The monoisotopic (exact) mass is 423 g/mol. The third-order valence-electron chi connectivity index (χ3n) is 5.67. The first kappa shape index (κ1) is 19.5. The number of ether oxygens (including phenoxy) is 1. The number of hydrogen-bond donors (Lipinski definition) is 1. The maximum absolute atomic E-state index is 12.5. The molecule has 0 spiro atoms. The average Bonchev–Trinajstić information content (AvgIpc) is 2.82. The van der Waals surface area contributed by atoms with Crippen LogP contribution in [-0.2, 0) is 11.0 Å². The fraction of sp³-hybridized carbons (Fsp3) is 0.0370. The van der Waals surface area contributed by atoms with Crippen molar-refractivity contribution in [2.75, 3.05) is 7.11 Å². The second-order valence-corrected chi connectivity index (χ2v) is 8.44. The minimum Gasteiger partial charge on any atom is -0.496 e. The van der Waals surface area contributed by atoms with Gasteiger partial charge >= 0.3 is 0 Å². The molecule has 0 saturated carbocycles.